The van der Waals surface area contributed by atoms with Gasteiger partial charge in [-0.1, -0.05) is 13.8 Å². The Bertz CT molecular complexity index is 299. The van der Waals surface area contributed by atoms with Crippen molar-refractivity contribution in [3.05, 3.63) is 28.3 Å². The number of nitro groups is 1. The lowest BCUT2D eigenvalue weighted by Gasteiger charge is -1.95. The van der Waals surface area contributed by atoms with Crippen molar-refractivity contribution in [1.29, 1.82) is 0 Å². The molecule has 0 bridgehead atoms. The Morgan fingerprint density at radius 3 is 2.38 bits per heavy atom. The third-order valence-electron chi connectivity index (χ3n) is 1.22. The molecule has 72 valence electrons. The van der Waals surface area contributed by atoms with E-state index >= 15 is 0 Å². The van der Waals surface area contributed by atoms with E-state index in [1.165, 1.54) is 12.1 Å². The highest BCUT2D eigenvalue weighted by molar-refractivity contribution is 5.56. The van der Waals surface area contributed by atoms with Crippen LogP contribution >= 0.6 is 0 Å². The van der Waals surface area contributed by atoms with Gasteiger partial charge in [-0.3, -0.25) is 10.1 Å². The molecule has 0 saturated carbocycles. The number of nitrogen functional groups attached to an aromatic ring is 1. The zero-order chi connectivity index (χ0) is 10.4. The number of nitrogens with zero attached hydrogens (tertiary/aromatic N) is 1. The first kappa shape index (κ1) is 11.2. The molecule has 0 unspecified atom stereocenters. The summed E-state index contributed by atoms with van der Waals surface area (Å²) in [5.41, 5.74) is 5.18. The van der Waals surface area contributed by atoms with Gasteiger partial charge in [0.1, 0.15) is 5.75 Å². The van der Waals surface area contributed by atoms with Crippen LogP contribution in [0.1, 0.15) is 13.8 Å². The van der Waals surface area contributed by atoms with E-state index in [1.54, 1.807) is 0 Å². The van der Waals surface area contributed by atoms with Crippen LogP contribution in [0.2, 0.25) is 0 Å². The number of aromatic hydroxyl groups is 1. The molecule has 0 aliphatic heterocycles. The van der Waals surface area contributed by atoms with Gasteiger partial charge in [0.25, 0.3) is 5.69 Å². The van der Waals surface area contributed by atoms with Crippen LogP contribution < -0.4 is 5.73 Å². The first-order valence-corrected chi connectivity index (χ1v) is 3.84. The van der Waals surface area contributed by atoms with Crippen LogP contribution in [0.3, 0.4) is 0 Å². The molecule has 13 heavy (non-hydrogen) atoms. The first-order valence-electron chi connectivity index (χ1n) is 3.84. The number of hydrogen-bond donors (Lipinski definition) is 2. The van der Waals surface area contributed by atoms with E-state index in [4.69, 9.17) is 10.8 Å². The van der Waals surface area contributed by atoms with Crippen LogP contribution in [-0.4, -0.2) is 10.0 Å². The molecule has 0 atom stereocenters. The molecule has 0 aliphatic carbocycles. The van der Waals surface area contributed by atoms with Crippen molar-refractivity contribution >= 4 is 11.4 Å². The maximum atomic E-state index is 10.1. The minimum Gasteiger partial charge on any atom is -0.506 e. The van der Waals surface area contributed by atoms with Crippen molar-refractivity contribution < 1.29 is 10.0 Å². The summed E-state index contributed by atoms with van der Waals surface area (Å²) in [5.74, 6) is -0.265. The fourth-order valence-electron chi connectivity index (χ4n) is 0.646. The Balaban J connectivity index is 0.000000671. The number of hydrogen-bond acceptors (Lipinski definition) is 4. The topological polar surface area (TPSA) is 89.4 Å². The number of nitrogens with two attached hydrogens (primary N) is 1. The third kappa shape index (κ3) is 2.98. The minimum absolute atomic E-state index is 0.135. The maximum Gasteiger partial charge on any atom is 0.273 e. The molecular formula is C8H12N2O3. The molecule has 3 N–H and O–H groups in total. The van der Waals surface area contributed by atoms with Gasteiger partial charge in [-0.2, -0.15) is 0 Å². The number of benzene rings is 1. The number of nitro benzene ring substituents is 1. The molecule has 0 radical (unpaired) electrons. The molecule has 0 fully saturated rings. The zero-order valence-electron chi connectivity index (χ0n) is 7.52. The first-order chi connectivity index (χ1) is 6.11. The maximum absolute atomic E-state index is 10.1. The highest BCUT2D eigenvalue weighted by Gasteiger charge is 2.06. The van der Waals surface area contributed by atoms with Crippen LogP contribution in [0.25, 0.3) is 0 Å². The van der Waals surface area contributed by atoms with Crippen molar-refractivity contribution in [3.8, 4) is 5.75 Å². The van der Waals surface area contributed by atoms with Gasteiger partial charge >= 0.3 is 0 Å². The lowest BCUT2D eigenvalue weighted by atomic mass is 10.3. The van der Waals surface area contributed by atoms with Crippen molar-refractivity contribution in [2.75, 3.05) is 5.73 Å². The normalized spacial score (nSPS) is 8.46. The van der Waals surface area contributed by atoms with E-state index in [9.17, 15) is 10.1 Å². The van der Waals surface area contributed by atoms with Gasteiger partial charge in [-0.25, -0.2) is 0 Å². The van der Waals surface area contributed by atoms with Crippen LogP contribution in [0.15, 0.2) is 18.2 Å². The smallest absolute Gasteiger partial charge is 0.273 e. The summed E-state index contributed by atoms with van der Waals surface area (Å²) in [4.78, 5) is 9.52. The van der Waals surface area contributed by atoms with E-state index < -0.39 is 4.92 Å². The predicted molar refractivity (Wildman–Crippen MR) is 50.5 cm³/mol. The van der Waals surface area contributed by atoms with Gasteiger partial charge in [0.2, 0.25) is 0 Å². The molecule has 0 amide bonds. The van der Waals surface area contributed by atoms with E-state index in [-0.39, 0.29) is 17.1 Å². The molecule has 0 aromatic heterocycles. The van der Waals surface area contributed by atoms with Gasteiger partial charge in [0.05, 0.1) is 16.7 Å². The molecule has 5 nitrogen and oxygen atoms in total. The van der Waals surface area contributed by atoms with Gasteiger partial charge in [0.15, 0.2) is 0 Å². The molecule has 1 rings (SSSR count). The molecule has 1 aromatic carbocycles. The Labute approximate surface area is 76.0 Å². The van der Waals surface area contributed by atoms with Gasteiger partial charge in [-0.15, -0.1) is 0 Å². The Kier molecular flexibility index (Phi) is 4.29. The second kappa shape index (κ2) is 4.97. The average Bonchev–Trinajstić information content (AvgIpc) is 2.13. The molecule has 5 heteroatoms. The highest BCUT2D eigenvalue weighted by Crippen LogP contribution is 2.24. The van der Waals surface area contributed by atoms with E-state index in [1.807, 2.05) is 13.8 Å². The number of phenolic OH excluding ortho intramolecular Hbond substituents is 1. The largest absolute Gasteiger partial charge is 0.506 e. The van der Waals surface area contributed by atoms with E-state index in [0.29, 0.717) is 0 Å². The standard InChI is InChI=1S/C6H6N2O3.C2H6/c7-5-2-1-4(8(10)11)3-6(5)9;1-2/h1-3,9H,7H2;1-2H3. The van der Waals surface area contributed by atoms with Crippen LogP contribution in [-0.2, 0) is 0 Å². The van der Waals surface area contributed by atoms with Crippen molar-refractivity contribution in [2.45, 2.75) is 13.8 Å². The number of non-ortho nitro benzene ring substituents is 1. The molecule has 0 heterocycles. The van der Waals surface area contributed by atoms with Gasteiger partial charge in [0, 0.05) is 6.07 Å². The van der Waals surface area contributed by atoms with Crippen molar-refractivity contribution in [3.63, 3.8) is 0 Å². The molecule has 0 aliphatic rings. The van der Waals surface area contributed by atoms with Crippen molar-refractivity contribution in [1.82, 2.24) is 0 Å². The van der Waals surface area contributed by atoms with Gasteiger partial charge in [-0.05, 0) is 6.07 Å². The number of rotatable bonds is 1. The second-order valence-corrected chi connectivity index (χ2v) is 2.00. The summed E-state index contributed by atoms with van der Waals surface area (Å²) in [5, 5.41) is 19.0. The number of phenols is 1. The summed E-state index contributed by atoms with van der Waals surface area (Å²) in [6.45, 7) is 4.00. The predicted octanol–water partition coefficient (Wildman–Crippen LogP) is 1.91. The summed E-state index contributed by atoms with van der Waals surface area (Å²) >= 11 is 0. The fraction of sp³-hybridized carbons (Fsp3) is 0.250. The monoisotopic (exact) mass is 184 g/mol. The quantitative estimate of drug-likeness (QED) is 0.302. The van der Waals surface area contributed by atoms with E-state index in [2.05, 4.69) is 0 Å². The molecule has 1 aromatic rings. The lowest BCUT2D eigenvalue weighted by Crippen LogP contribution is -1.89. The van der Waals surface area contributed by atoms with Gasteiger partial charge < -0.3 is 10.8 Å². The second-order valence-electron chi connectivity index (χ2n) is 2.00. The van der Waals surface area contributed by atoms with Crippen LogP contribution in [0.5, 0.6) is 5.75 Å². The summed E-state index contributed by atoms with van der Waals surface area (Å²) in [7, 11) is 0. The fourth-order valence-corrected chi connectivity index (χ4v) is 0.646. The Hall–Kier alpha value is -1.78. The molecule has 0 saturated heterocycles. The van der Waals surface area contributed by atoms with Crippen LogP contribution in [0, 0.1) is 10.1 Å². The zero-order valence-corrected chi connectivity index (χ0v) is 7.52. The van der Waals surface area contributed by atoms with E-state index in [0.717, 1.165) is 6.07 Å². The lowest BCUT2D eigenvalue weighted by molar-refractivity contribution is -0.384. The number of anilines is 1. The molecular weight excluding hydrogens is 172 g/mol. The third-order valence-corrected chi connectivity index (χ3v) is 1.22. The Morgan fingerprint density at radius 2 is 2.00 bits per heavy atom. The SMILES string of the molecule is CC.Nc1ccc([N+](=O)[O-])cc1O. The summed E-state index contributed by atoms with van der Waals surface area (Å²) < 4.78 is 0. The minimum atomic E-state index is -0.598. The molecule has 0 spiro atoms. The summed E-state index contributed by atoms with van der Waals surface area (Å²) in [6, 6.07) is 3.53. The average molecular weight is 184 g/mol. The van der Waals surface area contributed by atoms with Crippen LogP contribution in [0.4, 0.5) is 11.4 Å². The summed E-state index contributed by atoms with van der Waals surface area (Å²) in [6.07, 6.45) is 0. The highest BCUT2D eigenvalue weighted by atomic mass is 16.6. The van der Waals surface area contributed by atoms with Crippen molar-refractivity contribution in [2.24, 2.45) is 0 Å². The Morgan fingerprint density at radius 1 is 1.46 bits per heavy atom.